The Hall–Kier alpha value is -1.35. The summed E-state index contributed by atoms with van der Waals surface area (Å²) >= 11 is 0. The maximum absolute atomic E-state index is 12.2. The van der Waals surface area contributed by atoms with Gasteiger partial charge in [0.25, 0.3) is 0 Å². The van der Waals surface area contributed by atoms with Crippen LogP contribution in [0.25, 0.3) is 0 Å². The average Bonchev–Trinajstić information content (AvgIpc) is 2.86. The van der Waals surface area contributed by atoms with E-state index >= 15 is 0 Å². The molecule has 3 nitrogen and oxygen atoms in total. The van der Waals surface area contributed by atoms with Gasteiger partial charge >= 0.3 is 0 Å². The summed E-state index contributed by atoms with van der Waals surface area (Å²) in [7, 11) is 0. The van der Waals surface area contributed by atoms with Crippen molar-refractivity contribution >= 4 is 11.6 Å². The summed E-state index contributed by atoms with van der Waals surface area (Å²) in [6, 6.07) is 6.30. The van der Waals surface area contributed by atoms with Crippen LogP contribution >= 0.6 is 0 Å². The molecule has 0 spiro atoms. The molecule has 0 aliphatic heterocycles. The second-order valence-electron chi connectivity index (χ2n) is 6.49. The Bertz CT molecular complexity index is 504. The van der Waals surface area contributed by atoms with Gasteiger partial charge in [-0.1, -0.05) is 25.3 Å². The number of nitrogens with two attached hydrogens (primary N) is 1. The first kappa shape index (κ1) is 13.6. The highest BCUT2D eigenvalue weighted by Crippen LogP contribution is 2.29. The van der Waals surface area contributed by atoms with Crippen LogP contribution < -0.4 is 11.1 Å². The van der Waals surface area contributed by atoms with Crippen molar-refractivity contribution in [3.8, 4) is 0 Å². The molecule has 3 rings (SSSR count). The number of benzene rings is 1. The molecule has 108 valence electrons. The fraction of sp³-hybridized carbons (Fsp3) is 0.588. The minimum absolute atomic E-state index is 0.0624. The number of amides is 1. The normalized spacial score (nSPS) is 20.4. The van der Waals surface area contributed by atoms with Gasteiger partial charge in [-0.3, -0.25) is 4.79 Å². The molecule has 0 bridgehead atoms. The van der Waals surface area contributed by atoms with Gasteiger partial charge < -0.3 is 11.1 Å². The number of anilines is 1. The minimum Gasteiger partial charge on any atom is -0.326 e. The van der Waals surface area contributed by atoms with Crippen LogP contribution in [0.15, 0.2) is 18.2 Å². The highest BCUT2D eigenvalue weighted by molar-refractivity contribution is 5.91. The largest absolute Gasteiger partial charge is 0.326 e. The molecule has 0 unspecified atom stereocenters. The van der Waals surface area contributed by atoms with Gasteiger partial charge in [-0.2, -0.15) is 0 Å². The molecule has 20 heavy (non-hydrogen) atoms. The van der Waals surface area contributed by atoms with Gasteiger partial charge in [-0.25, -0.2) is 0 Å². The van der Waals surface area contributed by atoms with E-state index < -0.39 is 0 Å². The Kier molecular flexibility index (Phi) is 3.79. The molecule has 3 heteroatoms. The highest BCUT2D eigenvalue weighted by Gasteiger charge is 2.30. The lowest BCUT2D eigenvalue weighted by molar-refractivity contribution is -0.117. The van der Waals surface area contributed by atoms with E-state index in [0.29, 0.717) is 6.42 Å². The summed E-state index contributed by atoms with van der Waals surface area (Å²) < 4.78 is 0. The smallest absolute Gasteiger partial charge is 0.226 e. The monoisotopic (exact) mass is 272 g/mol. The van der Waals surface area contributed by atoms with Gasteiger partial charge in [-0.05, 0) is 55.4 Å². The Balaban J connectivity index is 1.61. The summed E-state index contributed by atoms with van der Waals surface area (Å²) in [5.74, 6) is 0.0624. The molecule has 0 atom stereocenters. The van der Waals surface area contributed by atoms with Crippen molar-refractivity contribution in [2.75, 3.05) is 5.32 Å². The average molecular weight is 272 g/mol. The predicted octanol–water partition coefficient (Wildman–Crippen LogP) is 3.17. The van der Waals surface area contributed by atoms with Crippen LogP contribution in [0.1, 0.15) is 56.1 Å². The third-order valence-electron chi connectivity index (χ3n) is 4.74. The van der Waals surface area contributed by atoms with Crippen molar-refractivity contribution in [1.82, 2.24) is 0 Å². The third-order valence-corrected chi connectivity index (χ3v) is 4.74. The molecule has 1 aromatic rings. The van der Waals surface area contributed by atoms with E-state index in [1.54, 1.807) is 0 Å². The number of carbonyl (C=O) groups is 1. The lowest BCUT2D eigenvalue weighted by atomic mass is 9.80. The molecule has 1 aromatic carbocycles. The van der Waals surface area contributed by atoms with Gasteiger partial charge in [-0.15, -0.1) is 0 Å². The van der Waals surface area contributed by atoms with Crippen LogP contribution in [0.4, 0.5) is 5.69 Å². The number of carbonyl (C=O) groups excluding carboxylic acids is 1. The van der Waals surface area contributed by atoms with E-state index in [4.69, 9.17) is 5.73 Å². The standard InChI is InChI=1S/C17H24N2O/c18-17(9-2-1-3-10-17)12-16(20)19-15-8-7-13-5-4-6-14(13)11-15/h7-8,11H,1-6,9-10,12,18H2,(H,19,20). The number of hydrogen-bond acceptors (Lipinski definition) is 2. The molecule has 1 fully saturated rings. The van der Waals surface area contributed by atoms with Crippen molar-refractivity contribution in [3.05, 3.63) is 29.3 Å². The van der Waals surface area contributed by atoms with Crippen molar-refractivity contribution < 1.29 is 4.79 Å². The highest BCUT2D eigenvalue weighted by atomic mass is 16.1. The lowest BCUT2D eigenvalue weighted by Crippen LogP contribution is -2.44. The number of fused-ring (bicyclic) bond motifs is 1. The van der Waals surface area contributed by atoms with Gasteiger partial charge in [0.15, 0.2) is 0 Å². The van der Waals surface area contributed by atoms with Gasteiger partial charge in [0, 0.05) is 17.6 Å². The zero-order chi connectivity index (χ0) is 14.0. The van der Waals surface area contributed by atoms with E-state index in [0.717, 1.165) is 37.8 Å². The topological polar surface area (TPSA) is 55.1 Å². The van der Waals surface area contributed by atoms with E-state index in [2.05, 4.69) is 17.4 Å². The van der Waals surface area contributed by atoms with Gasteiger partial charge in [0.2, 0.25) is 5.91 Å². The molecular formula is C17H24N2O. The molecule has 0 saturated heterocycles. The predicted molar refractivity (Wildman–Crippen MR) is 81.7 cm³/mol. The lowest BCUT2D eigenvalue weighted by Gasteiger charge is -2.32. The molecule has 1 saturated carbocycles. The Labute approximate surface area is 120 Å². The van der Waals surface area contributed by atoms with E-state index in [1.165, 1.54) is 30.4 Å². The maximum atomic E-state index is 12.2. The van der Waals surface area contributed by atoms with Crippen LogP contribution in [0, 0.1) is 0 Å². The Morgan fingerprint density at radius 3 is 2.65 bits per heavy atom. The van der Waals surface area contributed by atoms with E-state index in [9.17, 15) is 4.79 Å². The van der Waals surface area contributed by atoms with Crippen molar-refractivity contribution in [2.24, 2.45) is 5.73 Å². The fourth-order valence-corrected chi connectivity index (χ4v) is 3.61. The molecular weight excluding hydrogens is 248 g/mol. The summed E-state index contributed by atoms with van der Waals surface area (Å²) in [6.07, 6.45) is 9.52. The number of rotatable bonds is 3. The fourth-order valence-electron chi connectivity index (χ4n) is 3.61. The van der Waals surface area contributed by atoms with Crippen LogP contribution in [0.5, 0.6) is 0 Å². The first-order valence-corrected chi connectivity index (χ1v) is 7.85. The number of aryl methyl sites for hydroxylation is 2. The Morgan fingerprint density at radius 2 is 1.85 bits per heavy atom. The van der Waals surface area contributed by atoms with Crippen LogP contribution in [0.3, 0.4) is 0 Å². The maximum Gasteiger partial charge on any atom is 0.226 e. The zero-order valence-electron chi connectivity index (χ0n) is 12.1. The van der Waals surface area contributed by atoms with Crippen molar-refractivity contribution in [3.63, 3.8) is 0 Å². The second kappa shape index (κ2) is 5.57. The van der Waals surface area contributed by atoms with E-state index in [-0.39, 0.29) is 11.4 Å². The minimum atomic E-state index is -0.279. The second-order valence-corrected chi connectivity index (χ2v) is 6.49. The summed E-state index contributed by atoms with van der Waals surface area (Å²) in [4.78, 5) is 12.2. The first-order valence-electron chi connectivity index (χ1n) is 7.85. The summed E-state index contributed by atoms with van der Waals surface area (Å²) in [5, 5.41) is 3.03. The van der Waals surface area contributed by atoms with Gasteiger partial charge in [0.05, 0.1) is 0 Å². The molecule has 0 radical (unpaired) electrons. The van der Waals surface area contributed by atoms with Crippen LogP contribution in [-0.4, -0.2) is 11.4 Å². The van der Waals surface area contributed by atoms with E-state index in [1.807, 2.05) is 6.07 Å². The number of nitrogens with one attached hydrogen (secondary N) is 1. The zero-order valence-corrected chi connectivity index (χ0v) is 12.1. The van der Waals surface area contributed by atoms with Crippen LogP contribution in [-0.2, 0) is 17.6 Å². The molecule has 1 amide bonds. The molecule has 2 aliphatic rings. The SMILES string of the molecule is NC1(CC(=O)Nc2ccc3c(c2)CCC3)CCCCC1. The van der Waals surface area contributed by atoms with Crippen molar-refractivity contribution in [2.45, 2.75) is 63.3 Å². The van der Waals surface area contributed by atoms with Crippen molar-refractivity contribution in [1.29, 1.82) is 0 Å². The Morgan fingerprint density at radius 1 is 1.10 bits per heavy atom. The van der Waals surface area contributed by atoms with Gasteiger partial charge in [0.1, 0.15) is 0 Å². The quantitative estimate of drug-likeness (QED) is 0.888. The third kappa shape index (κ3) is 3.04. The first-order chi connectivity index (χ1) is 9.65. The molecule has 0 heterocycles. The van der Waals surface area contributed by atoms with Crippen LogP contribution in [0.2, 0.25) is 0 Å². The molecule has 0 aromatic heterocycles. The molecule has 3 N–H and O–H groups in total. The summed E-state index contributed by atoms with van der Waals surface area (Å²) in [5.41, 5.74) is 9.82. The molecule has 2 aliphatic carbocycles. The summed E-state index contributed by atoms with van der Waals surface area (Å²) in [6.45, 7) is 0. The number of hydrogen-bond donors (Lipinski definition) is 2.